The van der Waals surface area contributed by atoms with Crippen molar-refractivity contribution in [2.45, 2.75) is 19.1 Å². The van der Waals surface area contributed by atoms with Crippen LogP contribution < -0.4 is 14.8 Å². The average Bonchev–Trinajstić information content (AvgIpc) is 3.29. The highest BCUT2D eigenvalue weighted by atomic mass is 19.1. The van der Waals surface area contributed by atoms with Crippen LogP contribution in [0.4, 0.5) is 10.2 Å². The highest BCUT2D eigenvalue weighted by molar-refractivity contribution is 5.80. The normalized spacial score (nSPS) is 13.0. The second-order valence-electron chi connectivity index (χ2n) is 6.86. The number of fused-ring (bicyclic) bond motifs is 3. The lowest BCUT2D eigenvalue weighted by Gasteiger charge is -2.14. The molecular weight excluding hydrogens is 377 g/mol. The Kier molecular flexibility index (Phi) is 5.37. The molecule has 1 unspecified atom stereocenters. The van der Waals surface area contributed by atoms with E-state index in [4.69, 9.17) is 14.6 Å². The minimum Gasteiger partial charge on any atom is -0.493 e. The Hall–Kier alpha value is -3.10. The number of methoxy groups -OCH3 is 1. The number of nitrogens with zero attached hydrogens (tertiary/aromatic N) is 1. The quantitative estimate of drug-likeness (QED) is 0.363. The van der Waals surface area contributed by atoms with Crippen molar-refractivity contribution >= 4 is 5.82 Å². The fourth-order valence-electron chi connectivity index (χ4n) is 3.41. The predicted octanol–water partition coefficient (Wildman–Crippen LogP) is 2.47. The number of benzene rings is 2. The molecule has 1 heterocycles. The third-order valence-electron chi connectivity index (χ3n) is 4.94. The van der Waals surface area contributed by atoms with Gasteiger partial charge in [-0.3, -0.25) is 5.10 Å². The number of nitrogens with one attached hydrogen (secondary N) is 2. The average molecular weight is 399 g/mol. The van der Waals surface area contributed by atoms with Crippen LogP contribution in [0, 0.1) is 5.82 Å². The van der Waals surface area contributed by atoms with Gasteiger partial charge in [-0.2, -0.15) is 5.10 Å². The van der Waals surface area contributed by atoms with Gasteiger partial charge in [-0.05, 0) is 23.8 Å². The molecule has 2 aromatic carbocycles. The van der Waals surface area contributed by atoms with E-state index < -0.39 is 6.10 Å². The number of H-pyrrole nitrogens is 1. The van der Waals surface area contributed by atoms with Crippen molar-refractivity contribution in [2.24, 2.45) is 0 Å². The monoisotopic (exact) mass is 399 g/mol. The fourth-order valence-corrected chi connectivity index (χ4v) is 3.41. The zero-order valence-corrected chi connectivity index (χ0v) is 15.9. The molecular formula is C21H22FN3O4. The van der Waals surface area contributed by atoms with Crippen LogP contribution >= 0.6 is 0 Å². The van der Waals surface area contributed by atoms with E-state index in [0.29, 0.717) is 35.8 Å². The smallest absolute Gasteiger partial charge is 0.161 e. The molecule has 3 aromatic rings. The van der Waals surface area contributed by atoms with Crippen LogP contribution in [0.15, 0.2) is 36.4 Å². The molecule has 1 aromatic heterocycles. The number of aliphatic hydroxyl groups excluding tert-OH is 2. The number of hydrogen-bond donors (Lipinski definition) is 4. The van der Waals surface area contributed by atoms with Gasteiger partial charge in [0.25, 0.3) is 0 Å². The maximum absolute atomic E-state index is 13.9. The molecule has 0 aliphatic heterocycles. The molecule has 1 aliphatic carbocycles. The Bertz CT molecular complexity index is 1020. The summed E-state index contributed by atoms with van der Waals surface area (Å²) < 4.78 is 24.9. The lowest BCUT2D eigenvalue weighted by molar-refractivity contribution is 0.0527. The highest BCUT2D eigenvalue weighted by Gasteiger charge is 2.27. The van der Waals surface area contributed by atoms with Crippen LogP contribution in [0.25, 0.3) is 11.3 Å². The van der Waals surface area contributed by atoms with E-state index >= 15 is 0 Å². The molecule has 4 rings (SSSR count). The van der Waals surface area contributed by atoms with E-state index in [0.717, 1.165) is 22.4 Å². The van der Waals surface area contributed by atoms with Gasteiger partial charge in [0.2, 0.25) is 0 Å². The second-order valence-corrected chi connectivity index (χ2v) is 6.86. The first kappa shape index (κ1) is 19.2. The van der Waals surface area contributed by atoms with E-state index in [2.05, 4.69) is 15.5 Å². The minimum atomic E-state index is -0.959. The summed E-state index contributed by atoms with van der Waals surface area (Å²) in [5, 5.41) is 29.1. The van der Waals surface area contributed by atoms with E-state index in [1.807, 2.05) is 12.1 Å². The summed E-state index contributed by atoms with van der Waals surface area (Å²) in [6, 6.07) is 10.4. The number of aromatic nitrogens is 2. The van der Waals surface area contributed by atoms with E-state index in [-0.39, 0.29) is 19.0 Å². The molecule has 7 nitrogen and oxygen atoms in total. The highest BCUT2D eigenvalue weighted by Crippen LogP contribution is 2.44. The summed E-state index contributed by atoms with van der Waals surface area (Å²) in [6.45, 7) is -0.0779. The van der Waals surface area contributed by atoms with Gasteiger partial charge in [-0.25, -0.2) is 4.39 Å². The predicted molar refractivity (Wildman–Crippen MR) is 106 cm³/mol. The van der Waals surface area contributed by atoms with Crippen LogP contribution in [0.5, 0.6) is 11.5 Å². The molecule has 0 bridgehead atoms. The topological polar surface area (TPSA) is 99.6 Å². The van der Waals surface area contributed by atoms with Crippen molar-refractivity contribution in [1.82, 2.24) is 10.2 Å². The largest absolute Gasteiger partial charge is 0.493 e. The van der Waals surface area contributed by atoms with Crippen LogP contribution in [0.2, 0.25) is 0 Å². The molecule has 29 heavy (non-hydrogen) atoms. The Morgan fingerprint density at radius 3 is 2.86 bits per heavy atom. The molecule has 8 heteroatoms. The van der Waals surface area contributed by atoms with Gasteiger partial charge in [0.15, 0.2) is 17.3 Å². The molecule has 0 saturated carbocycles. The zero-order valence-electron chi connectivity index (χ0n) is 15.9. The second kappa shape index (κ2) is 8.10. The molecule has 0 saturated heterocycles. The first-order chi connectivity index (χ1) is 14.1. The van der Waals surface area contributed by atoms with Gasteiger partial charge < -0.3 is 25.0 Å². The van der Waals surface area contributed by atoms with Crippen molar-refractivity contribution in [3.63, 3.8) is 0 Å². The van der Waals surface area contributed by atoms with Gasteiger partial charge in [0.1, 0.15) is 18.5 Å². The van der Waals surface area contributed by atoms with E-state index in [1.54, 1.807) is 25.3 Å². The number of hydrogen-bond acceptors (Lipinski definition) is 6. The maximum atomic E-state index is 13.9. The fraction of sp³-hybridized carbons (Fsp3) is 0.286. The van der Waals surface area contributed by atoms with Gasteiger partial charge in [0.05, 0.1) is 19.4 Å². The van der Waals surface area contributed by atoms with E-state index in [1.165, 1.54) is 6.07 Å². The summed E-state index contributed by atoms with van der Waals surface area (Å²) in [6.07, 6.45) is -0.331. The molecule has 4 N–H and O–H groups in total. The summed E-state index contributed by atoms with van der Waals surface area (Å²) in [4.78, 5) is 0. The number of halogens is 1. The van der Waals surface area contributed by atoms with Crippen LogP contribution in [-0.2, 0) is 13.0 Å². The summed E-state index contributed by atoms with van der Waals surface area (Å²) in [5.41, 5.74) is 4.43. The molecule has 152 valence electrons. The number of aromatic amines is 1. The molecule has 1 aliphatic rings. The third kappa shape index (κ3) is 3.76. The van der Waals surface area contributed by atoms with Crippen LogP contribution in [0.3, 0.4) is 0 Å². The van der Waals surface area contributed by atoms with Crippen molar-refractivity contribution in [1.29, 1.82) is 0 Å². The Morgan fingerprint density at radius 1 is 1.28 bits per heavy atom. The SMILES string of the molecule is COc1cc2c(cc1OCC(O)CO)Cc1c(NCc3ccccc3F)n[nH]c1-2. The van der Waals surface area contributed by atoms with Gasteiger partial charge in [-0.1, -0.05) is 18.2 Å². The summed E-state index contributed by atoms with van der Waals surface area (Å²) >= 11 is 0. The Labute approximate surface area is 167 Å². The number of anilines is 1. The third-order valence-corrected chi connectivity index (χ3v) is 4.94. The van der Waals surface area contributed by atoms with Gasteiger partial charge >= 0.3 is 0 Å². The van der Waals surface area contributed by atoms with Crippen molar-refractivity contribution in [2.75, 3.05) is 25.6 Å². The standard InChI is InChI=1S/C21H22FN3O4/c1-28-18-8-15-13(7-19(18)29-11-14(27)10-26)6-16-20(15)24-25-21(16)23-9-12-4-2-3-5-17(12)22/h2-5,7-8,14,26-27H,6,9-11H2,1H3,(H2,23,24,25). The van der Waals surface area contributed by atoms with Gasteiger partial charge in [0, 0.05) is 29.7 Å². The Balaban J connectivity index is 1.55. The molecule has 0 amide bonds. The maximum Gasteiger partial charge on any atom is 0.161 e. The molecule has 1 atom stereocenters. The van der Waals surface area contributed by atoms with E-state index in [9.17, 15) is 9.50 Å². The molecule has 0 fully saturated rings. The zero-order chi connectivity index (χ0) is 20.4. The van der Waals surface area contributed by atoms with Crippen molar-refractivity contribution in [3.05, 3.63) is 58.9 Å². The lowest BCUT2D eigenvalue weighted by atomic mass is 10.1. The first-order valence-corrected chi connectivity index (χ1v) is 9.28. The summed E-state index contributed by atoms with van der Waals surface area (Å²) in [7, 11) is 1.54. The minimum absolute atomic E-state index is 0.0338. The molecule has 0 spiro atoms. The number of aliphatic hydroxyl groups is 2. The lowest BCUT2D eigenvalue weighted by Crippen LogP contribution is -2.21. The molecule has 0 radical (unpaired) electrons. The van der Waals surface area contributed by atoms with Crippen molar-refractivity contribution < 1.29 is 24.1 Å². The number of ether oxygens (including phenoxy) is 2. The van der Waals surface area contributed by atoms with Crippen molar-refractivity contribution in [3.8, 4) is 22.8 Å². The summed E-state index contributed by atoms with van der Waals surface area (Å²) in [5.74, 6) is 1.44. The Morgan fingerprint density at radius 2 is 2.10 bits per heavy atom. The number of rotatable bonds is 8. The van der Waals surface area contributed by atoms with Crippen LogP contribution in [0.1, 0.15) is 16.7 Å². The first-order valence-electron chi connectivity index (χ1n) is 9.28. The van der Waals surface area contributed by atoms with Crippen LogP contribution in [-0.4, -0.2) is 46.8 Å². The van der Waals surface area contributed by atoms with Gasteiger partial charge in [-0.15, -0.1) is 0 Å².